The van der Waals surface area contributed by atoms with Crippen molar-refractivity contribution in [2.24, 2.45) is 11.7 Å². The average Bonchev–Trinajstić information content (AvgIpc) is 2.14. The minimum atomic E-state index is -0.507. The van der Waals surface area contributed by atoms with Gasteiger partial charge in [-0.1, -0.05) is 6.42 Å². The lowest BCUT2D eigenvalue weighted by Crippen LogP contribution is -2.27. The molecule has 0 unspecified atom stereocenters. The monoisotopic (exact) mass is 260 g/mol. The van der Waals surface area contributed by atoms with Crippen LogP contribution in [-0.4, -0.2) is 4.92 Å². The van der Waals surface area contributed by atoms with Gasteiger partial charge in [-0.2, -0.15) is 0 Å². The molecule has 1 aromatic carbocycles. The van der Waals surface area contributed by atoms with E-state index in [1.54, 1.807) is 0 Å². The number of nitro groups is 1. The molecule has 0 saturated heterocycles. The Bertz CT molecular complexity index is 424. The fourth-order valence-electron chi connectivity index (χ4n) is 2.01. The molecule has 0 spiro atoms. The highest BCUT2D eigenvalue weighted by Gasteiger charge is 2.30. The van der Waals surface area contributed by atoms with E-state index in [1.165, 1.54) is 12.1 Å². The summed E-state index contributed by atoms with van der Waals surface area (Å²) in [6.45, 7) is 0. The molecule has 0 bridgehead atoms. The largest absolute Gasteiger partial charge is 0.323 e. The standard InChI is InChI=1S/C11H13FN2O2.ClH/c12-8-4-5-10(14(15)16)9(6-8)11(13)7-2-1-3-7;/h4-7,11H,1-3,13H2;1H/t11-;/m0./s1. The SMILES string of the molecule is Cl.N[C@H](c1cc(F)ccc1[N+](=O)[O-])C1CCC1. The molecule has 1 aromatic rings. The van der Waals surface area contributed by atoms with Gasteiger partial charge in [0.15, 0.2) is 0 Å². The first-order valence-corrected chi connectivity index (χ1v) is 5.29. The van der Waals surface area contributed by atoms with E-state index >= 15 is 0 Å². The second kappa shape index (κ2) is 5.42. The molecule has 0 radical (unpaired) electrons. The summed E-state index contributed by atoms with van der Waals surface area (Å²) in [5, 5.41) is 10.8. The Morgan fingerprint density at radius 2 is 2.12 bits per heavy atom. The van der Waals surface area contributed by atoms with Gasteiger partial charge in [-0.3, -0.25) is 10.1 Å². The molecule has 0 heterocycles. The average molecular weight is 261 g/mol. The molecule has 1 saturated carbocycles. The molecule has 1 aliphatic rings. The van der Waals surface area contributed by atoms with Crippen molar-refractivity contribution in [3.8, 4) is 0 Å². The molecule has 0 aliphatic heterocycles. The molecule has 1 aliphatic carbocycles. The van der Waals surface area contributed by atoms with Gasteiger partial charge in [0, 0.05) is 17.7 Å². The molecular formula is C11H14ClFN2O2. The second-order valence-electron chi connectivity index (χ2n) is 4.18. The van der Waals surface area contributed by atoms with Crippen LogP contribution in [0.15, 0.2) is 18.2 Å². The summed E-state index contributed by atoms with van der Waals surface area (Å²) in [7, 11) is 0. The first kappa shape index (κ1) is 13.9. The number of hydrogen-bond acceptors (Lipinski definition) is 3. The fraction of sp³-hybridized carbons (Fsp3) is 0.455. The number of nitrogens with zero attached hydrogens (tertiary/aromatic N) is 1. The third kappa shape index (κ3) is 2.73. The van der Waals surface area contributed by atoms with E-state index in [4.69, 9.17) is 5.73 Å². The summed E-state index contributed by atoms with van der Waals surface area (Å²) in [6.07, 6.45) is 3.03. The van der Waals surface area contributed by atoms with E-state index in [2.05, 4.69) is 0 Å². The maximum absolute atomic E-state index is 13.1. The number of halogens is 2. The van der Waals surface area contributed by atoms with Crippen molar-refractivity contribution in [2.45, 2.75) is 25.3 Å². The Hall–Kier alpha value is -1.20. The lowest BCUT2D eigenvalue weighted by Gasteiger charge is -2.31. The van der Waals surface area contributed by atoms with Gasteiger partial charge in [0.25, 0.3) is 5.69 Å². The van der Waals surface area contributed by atoms with E-state index in [-0.39, 0.29) is 24.0 Å². The van der Waals surface area contributed by atoms with Crippen molar-refractivity contribution in [1.82, 2.24) is 0 Å². The van der Waals surface area contributed by atoms with E-state index in [9.17, 15) is 14.5 Å². The van der Waals surface area contributed by atoms with Crippen LogP contribution in [0.4, 0.5) is 10.1 Å². The van der Waals surface area contributed by atoms with Gasteiger partial charge < -0.3 is 5.73 Å². The molecule has 94 valence electrons. The maximum Gasteiger partial charge on any atom is 0.274 e. The zero-order valence-corrected chi connectivity index (χ0v) is 9.95. The topological polar surface area (TPSA) is 69.2 Å². The highest BCUT2D eigenvalue weighted by molar-refractivity contribution is 5.85. The first-order chi connectivity index (χ1) is 7.59. The van der Waals surface area contributed by atoms with Crippen LogP contribution in [0.25, 0.3) is 0 Å². The Balaban J connectivity index is 0.00000144. The third-order valence-electron chi connectivity index (χ3n) is 3.20. The van der Waals surface area contributed by atoms with E-state index in [0.717, 1.165) is 25.3 Å². The number of nitrogens with two attached hydrogens (primary N) is 1. The van der Waals surface area contributed by atoms with Gasteiger partial charge in [0.2, 0.25) is 0 Å². The van der Waals surface area contributed by atoms with Crippen LogP contribution in [-0.2, 0) is 0 Å². The van der Waals surface area contributed by atoms with Gasteiger partial charge in [-0.05, 0) is 30.9 Å². The fourth-order valence-corrected chi connectivity index (χ4v) is 2.01. The summed E-state index contributed by atoms with van der Waals surface area (Å²) < 4.78 is 13.1. The lowest BCUT2D eigenvalue weighted by molar-refractivity contribution is -0.385. The molecule has 2 rings (SSSR count). The molecule has 17 heavy (non-hydrogen) atoms. The number of rotatable bonds is 3. The van der Waals surface area contributed by atoms with Crippen LogP contribution in [0.3, 0.4) is 0 Å². The summed E-state index contributed by atoms with van der Waals surface area (Å²) in [6, 6.07) is 3.03. The number of benzene rings is 1. The third-order valence-corrected chi connectivity index (χ3v) is 3.20. The zero-order valence-electron chi connectivity index (χ0n) is 9.14. The quantitative estimate of drug-likeness (QED) is 0.671. The van der Waals surface area contributed by atoms with E-state index in [1.807, 2.05) is 0 Å². The number of hydrogen-bond donors (Lipinski definition) is 1. The predicted octanol–water partition coefficient (Wildman–Crippen LogP) is 2.96. The Kier molecular flexibility index (Phi) is 4.42. The van der Waals surface area contributed by atoms with Crippen molar-refractivity contribution < 1.29 is 9.31 Å². The summed E-state index contributed by atoms with van der Waals surface area (Å²) in [5.41, 5.74) is 6.17. The molecule has 4 nitrogen and oxygen atoms in total. The van der Waals surface area contributed by atoms with Gasteiger partial charge in [0.05, 0.1) is 4.92 Å². The molecule has 1 atom stereocenters. The molecular weight excluding hydrogens is 247 g/mol. The van der Waals surface area contributed by atoms with Gasteiger partial charge in [0.1, 0.15) is 5.82 Å². The van der Waals surface area contributed by atoms with Crippen molar-refractivity contribution in [3.63, 3.8) is 0 Å². The molecule has 0 aromatic heterocycles. The lowest BCUT2D eigenvalue weighted by atomic mass is 9.77. The van der Waals surface area contributed by atoms with Gasteiger partial charge in [-0.25, -0.2) is 4.39 Å². The predicted molar refractivity (Wildman–Crippen MR) is 64.6 cm³/mol. The van der Waals surface area contributed by atoms with Gasteiger partial charge in [-0.15, -0.1) is 12.4 Å². The summed E-state index contributed by atoms with van der Waals surface area (Å²) in [4.78, 5) is 10.3. The molecule has 6 heteroatoms. The van der Waals surface area contributed by atoms with Crippen molar-refractivity contribution >= 4 is 18.1 Å². The smallest absolute Gasteiger partial charge is 0.274 e. The van der Waals surface area contributed by atoms with E-state index < -0.39 is 16.8 Å². The molecule has 2 N–H and O–H groups in total. The Morgan fingerprint density at radius 1 is 1.47 bits per heavy atom. The van der Waals surface area contributed by atoms with Crippen LogP contribution in [0.1, 0.15) is 30.9 Å². The van der Waals surface area contributed by atoms with Crippen molar-refractivity contribution in [1.29, 1.82) is 0 Å². The Morgan fingerprint density at radius 3 is 2.59 bits per heavy atom. The highest BCUT2D eigenvalue weighted by Crippen LogP contribution is 2.39. The maximum atomic E-state index is 13.1. The Labute approximate surface area is 105 Å². The van der Waals surface area contributed by atoms with Crippen LogP contribution < -0.4 is 5.73 Å². The summed E-state index contributed by atoms with van der Waals surface area (Å²) >= 11 is 0. The van der Waals surface area contributed by atoms with Crippen LogP contribution in [0.5, 0.6) is 0 Å². The minimum Gasteiger partial charge on any atom is -0.323 e. The molecule has 1 fully saturated rings. The molecule has 0 amide bonds. The van der Waals surface area contributed by atoms with E-state index in [0.29, 0.717) is 5.56 Å². The zero-order chi connectivity index (χ0) is 11.7. The summed E-state index contributed by atoms with van der Waals surface area (Å²) in [5.74, 6) is -0.226. The first-order valence-electron chi connectivity index (χ1n) is 5.29. The minimum absolute atomic E-state index is 0. The van der Waals surface area contributed by atoms with Crippen LogP contribution >= 0.6 is 12.4 Å². The highest BCUT2D eigenvalue weighted by atomic mass is 35.5. The number of nitro benzene ring substituents is 1. The van der Waals surface area contributed by atoms with Crippen LogP contribution in [0, 0.1) is 21.8 Å². The van der Waals surface area contributed by atoms with Crippen LogP contribution in [0.2, 0.25) is 0 Å². The van der Waals surface area contributed by atoms with Crippen molar-refractivity contribution in [3.05, 3.63) is 39.7 Å². The van der Waals surface area contributed by atoms with Gasteiger partial charge >= 0.3 is 0 Å². The van der Waals surface area contributed by atoms with Crippen molar-refractivity contribution in [2.75, 3.05) is 0 Å². The normalized spacial score (nSPS) is 16.8. The second-order valence-corrected chi connectivity index (χ2v) is 4.18.